The average molecular weight is 461 g/mol. The number of nitrogens with zero attached hydrogens (tertiary/aromatic N) is 2. The van der Waals surface area contributed by atoms with E-state index in [2.05, 4.69) is 5.10 Å². The number of furan rings is 1. The lowest BCUT2D eigenvalue weighted by molar-refractivity contribution is -0.136. The summed E-state index contributed by atoms with van der Waals surface area (Å²) in [7, 11) is 0. The number of aryl methyl sites for hydroxylation is 1. The van der Waals surface area contributed by atoms with Crippen LogP contribution in [0.4, 0.5) is 0 Å². The maximum atomic E-state index is 13.0. The van der Waals surface area contributed by atoms with Crippen LogP contribution >= 0.6 is 0 Å². The van der Waals surface area contributed by atoms with Crippen LogP contribution in [0.5, 0.6) is 5.75 Å². The van der Waals surface area contributed by atoms with Gasteiger partial charge in [-0.1, -0.05) is 29.8 Å². The first-order valence-electron chi connectivity index (χ1n) is 10.6. The first kappa shape index (κ1) is 22.8. The van der Waals surface area contributed by atoms with Crippen LogP contribution in [0.1, 0.15) is 39.7 Å². The number of benzene rings is 2. The van der Waals surface area contributed by atoms with Crippen molar-refractivity contribution in [1.82, 2.24) is 5.01 Å². The number of amides is 2. The average Bonchev–Trinajstić information content (AvgIpc) is 3.52. The fourth-order valence-corrected chi connectivity index (χ4v) is 3.48. The number of nitrogens with two attached hydrogens (primary N) is 1. The van der Waals surface area contributed by atoms with Crippen LogP contribution in [0.3, 0.4) is 0 Å². The summed E-state index contributed by atoms with van der Waals surface area (Å²) in [6, 6.07) is 16.9. The third-order valence-corrected chi connectivity index (χ3v) is 5.22. The van der Waals surface area contributed by atoms with Gasteiger partial charge >= 0.3 is 5.97 Å². The Morgan fingerprint density at radius 2 is 1.79 bits per heavy atom. The van der Waals surface area contributed by atoms with Crippen molar-refractivity contribution in [2.75, 3.05) is 13.2 Å². The number of ether oxygens (including phenoxy) is 2. The van der Waals surface area contributed by atoms with E-state index in [1.807, 2.05) is 31.2 Å². The highest BCUT2D eigenvalue weighted by Gasteiger charge is 2.35. The predicted molar refractivity (Wildman–Crippen MR) is 122 cm³/mol. The van der Waals surface area contributed by atoms with Gasteiger partial charge in [-0.25, -0.2) is 9.80 Å². The third kappa shape index (κ3) is 5.32. The molecule has 2 N–H and O–H groups in total. The fourth-order valence-electron chi connectivity index (χ4n) is 3.48. The summed E-state index contributed by atoms with van der Waals surface area (Å²) in [6.07, 6.45) is 2.02. The van der Waals surface area contributed by atoms with E-state index in [9.17, 15) is 14.4 Å². The molecular formula is C25H23N3O6. The van der Waals surface area contributed by atoms with Crippen molar-refractivity contribution in [1.29, 1.82) is 0 Å². The van der Waals surface area contributed by atoms with Crippen LogP contribution in [0.25, 0.3) is 0 Å². The molecule has 0 saturated carbocycles. The van der Waals surface area contributed by atoms with Gasteiger partial charge < -0.3 is 19.6 Å². The minimum atomic E-state index is -0.675. The molecule has 9 heteroatoms. The number of rotatable bonds is 8. The quantitative estimate of drug-likeness (QED) is 0.514. The molecule has 0 saturated heterocycles. The zero-order chi connectivity index (χ0) is 24.1. The minimum absolute atomic E-state index is 0.229. The molecule has 34 heavy (non-hydrogen) atoms. The van der Waals surface area contributed by atoms with Gasteiger partial charge in [0.2, 0.25) is 0 Å². The highest BCUT2D eigenvalue weighted by atomic mass is 16.5. The van der Waals surface area contributed by atoms with Gasteiger partial charge in [-0.05, 0) is 48.9 Å². The van der Waals surface area contributed by atoms with Gasteiger partial charge in [-0.15, -0.1) is 0 Å². The molecule has 0 fully saturated rings. The maximum Gasteiger partial charge on any atom is 0.338 e. The van der Waals surface area contributed by atoms with Crippen molar-refractivity contribution in [3.63, 3.8) is 0 Å². The SMILES string of the molecule is Cc1ccc(C2=NN(C(=O)COC(=O)c3ccc(OCC(N)=O)cc3)C(c3ccco3)C2)cc1. The molecule has 2 heterocycles. The zero-order valence-electron chi connectivity index (χ0n) is 18.5. The molecule has 1 aromatic heterocycles. The number of hydrazone groups is 1. The number of hydrogen-bond donors (Lipinski definition) is 1. The van der Waals surface area contributed by atoms with Gasteiger partial charge in [0.25, 0.3) is 11.8 Å². The second kappa shape index (κ2) is 10.0. The Morgan fingerprint density at radius 3 is 2.44 bits per heavy atom. The van der Waals surface area contributed by atoms with Gasteiger partial charge in [0.1, 0.15) is 17.6 Å². The van der Waals surface area contributed by atoms with Crippen molar-refractivity contribution in [3.05, 3.63) is 89.4 Å². The van der Waals surface area contributed by atoms with Gasteiger partial charge in [-0.3, -0.25) is 9.59 Å². The summed E-state index contributed by atoms with van der Waals surface area (Å²) < 4.78 is 15.9. The molecule has 0 aliphatic carbocycles. The third-order valence-electron chi connectivity index (χ3n) is 5.22. The largest absolute Gasteiger partial charge is 0.484 e. The second-order valence-electron chi connectivity index (χ2n) is 7.74. The minimum Gasteiger partial charge on any atom is -0.484 e. The molecule has 4 rings (SSSR count). The van der Waals surface area contributed by atoms with Crippen molar-refractivity contribution in [3.8, 4) is 5.75 Å². The van der Waals surface area contributed by atoms with Crippen molar-refractivity contribution in [2.45, 2.75) is 19.4 Å². The van der Waals surface area contributed by atoms with Crippen LogP contribution in [-0.2, 0) is 14.3 Å². The highest BCUT2D eigenvalue weighted by molar-refractivity contribution is 6.03. The zero-order valence-corrected chi connectivity index (χ0v) is 18.5. The number of primary amides is 1. The highest BCUT2D eigenvalue weighted by Crippen LogP contribution is 2.33. The van der Waals surface area contributed by atoms with Crippen molar-refractivity contribution in [2.24, 2.45) is 10.8 Å². The lowest BCUT2D eigenvalue weighted by Crippen LogP contribution is -2.31. The molecule has 0 spiro atoms. The Morgan fingerprint density at radius 1 is 1.06 bits per heavy atom. The van der Waals surface area contributed by atoms with Crippen LogP contribution in [-0.4, -0.2) is 41.7 Å². The first-order chi connectivity index (χ1) is 16.4. The molecule has 1 atom stereocenters. The molecule has 1 aliphatic heterocycles. The van der Waals surface area contributed by atoms with E-state index in [4.69, 9.17) is 19.6 Å². The molecule has 9 nitrogen and oxygen atoms in total. The Hall–Kier alpha value is -4.40. The summed E-state index contributed by atoms with van der Waals surface area (Å²) in [6.45, 7) is 1.24. The molecule has 0 bridgehead atoms. The van der Waals surface area contributed by atoms with Gasteiger partial charge in [-0.2, -0.15) is 5.10 Å². The Kier molecular flexibility index (Phi) is 6.72. The molecule has 2 amide bonds. The molecular weight excluding hydrogens is 438 g/mol. The van der Waals surface area contributed by atoms with E-state index >= 15 is 0 Å². The molecule has 1 aliphatic rings. The van der Waals surface area contributed by atoms with Crippen molar-refractivity contribution >= 4 is 23.5 Å². The van der Waals surface area contributed by atoms with Crippen LogP contribution in [0, 0.1) is 6.92 Å². The summed E-state index contributed by atoms with van der Waals surface area (Å²) >= 11 is 0. The van der Waals surface area contributed by atoms with E-state index < -0.39 is 30.4 Å². The lowest BCUT2D eigenvalue weighted by Gasteiger charge is -2.19. The van der Waals surface area contributed by atoms with Crippen LogP contribution < -0.4 is 10.5 Å². The number of esters is 1. The molecule has 1 unspecified atom stereocenters. The monoisotopic (exact) mass is 461 g/mol. The van der Waals surface area contributed by atoms with E-state index in [1.54, 1.807) is 18.4 Å². The van der Waals surface area contributed by atoms with E-state index in [0.29, 0.717) is 17.9 Å². The van der Waals surface area contributed by atoms with Gasteiger partial charge in [0.05, 0.1) is 17.5 Å². The molecule has 0 radical (unpaired) electrons. The van der Waals surface area contributed by atoms with Gasteiger partial charge in [0.15, 0.2) is 13.2 Å². The predicted octanol–water partition coefficient (Wildman–Crippen LogP) is 2.99. The maximum absolute atomic E-state index is 13.0. The topological polar surface area (TPSA) is 124 Å². The number of carbonyl (C=O) groups excluding carboxylic acids is 3. The standard InChI is InChI=1S/C25H23N3O6/c1-16-4-6-17(7-5-16)20-13-21(22-3-2-12-32-22)28(27-20)24(30)15-34-25(31)18-8-10-19(11-9-18)33-14-23(26)29/h2-12,21H,13-15H2,1H3,(H2,26,29). The fraction of sp³-hybridized carbons (Fsp3) is 0.200. The van der Waals surface area contributed by atoms with E-state index in [1.165, 1.54) is 29.3 Å². The summed E-state index contributed by atoms with van der Waals surface area (Å²) in [5.74, 6) is -0.783. The molecule has 3 aromatic rings. The Bertz CT molecular complexity index is 1200. The van der Waals surface area contributed by atoms with E-state index in [-0.39, 0.29) is 12.2 Å². The van der Waals surface area contributed by atoms with Crippen LogP contribution in [0.15, 0.2) is 76.4 Å². The summed E-state index contributed by atoms with van der Waals surface area (Å²) in [4.78, 5) is 36.2. The Balaban J connectivity index is 1.43. The molecule has 2 aromatic carbocycles. The Labute approximate surface area is 195 Å². The van der Waals surface area contributed by atoms with Crippen LogP contribution in [0.2, 0.25) is 0 Å². The summed E-state index contributed by atoms with van der Waals surface area (Å²) in [5.41, 5.74) is 8.04. The lowest BCUT2D eigenvalue weighted by atomic mass is 10.0. The summed E-state index contributed by atoms with van der Waals surface area (Å²) in [5, 5.41) is 5.82. The smallest absolute Gasteiger partial charge is 0.338 e. The first-order valence-corrected chi connectivity index (χ1v) is 10.6. The normalized spacial score (nSPS) is 15.0. The second-order valence-corrected chi connectivity index (χ2v) is 7.74. The molecule has 174 valence electrons. The number of carbonyl (C=O) groups is 3. The van der Waals surface area contributed by atoms with Gasteiger partial charge in [0, 0.05) is 6.42 Å². The van der Waals surface area contributed by atoms with Crippen molar-refractivity contribution < 1.29 is 28.3 Å². The van der Waals surface area contributed by atoms with E-state index in [0.717, 1.165) is 16.8 Å². The number of hydrogen-bond acceptors (Lipinski definition) is 7.